The number of rotatable bonds is 5. The summed E-state index contributed by atoms with van der Waals surface area (Å²) in [7, 11) is 1.13. The van der Waals surface area contributed by atoms with Crippen LogP contribution in [0.2, 0.25) is 0 Å². The molecule has 1 N–H and O–H groups in total. The van der Waals surface area contributed by atoms with Gasteiger partial charge in [-0.15, -0.1) is 5.92 Å². The molecule has 12 nitrogen and oxygen atoms in total. The van der Waals surface area contributed by atoms with Gasteiger partial charge in [-0.2, -0.15) is 18.2 Å². The van der Waals surface area contributed by atoms with Gasteiger partial charge in [0.05, 0.1) is 6.54 Å². The lowest BCUT2D eigenvalue weighted by atomic mass is 10.4. The van der Waals surface area contributed by atoms with Gasteiger partial charge in [0, 0.05) is 33.2 Å². The van der Waals surface area contributed by atoms with Crippen molar-refractivity contribution in [1.82, 2.24) is 24.2 Å². The van der Waals surface area contributed by atoms with Crippen LogP contribution < -0.4 is 26.3 Å². The topological polar surface area (TPSA) is 130 Å². The number of aromatic nitrogens is 4. The Balaban J connectivity index is 2.07. The second-order valence-corrected chi connectivity index (χ2v) is 6.81. The summed E-state index contributed by atoms with van der Waals surface area (Å²) in [5, 5.41) is 3.16. The molecule has 0 saturated carbocycles. The van der Waals surface area contributed by atoms with Crippen LogP contribution in [0.4, 0.5) is 19.1 Å². The van der Waals surface area contributed by atoms with Crippen molar-refractivity contribution in [2.45, 2.75) is 19.6 Å². The summed E-state index contributed by atoms with van der Waals surface area (Å²) >= 11 is 0. The molecule has 2 aromatic heterocycles. The number of nitrogens with zero attached hydrogens (tertiary/aromatic N) is 5. The summed E-state index contributed by atoms with van der Waals surface area (Å²) in [4.78, 5) is 59.3. The molecule has 0 unspecified atom stereocenters. The van der Waals surface area contributed by atoms with E-state index in [1.165, 1.54) is 4.57 Å². The monoisotopic (exact) mass is 472 g/mol. The maximum Gasteiger partial charge on any atom is 0.490 e. The third-order valence-corrected chi connectivity index (χ3v) is 4.65. The molecule has 15 heteroatoms. The van der Waals surface area contributed by atoms with Crippen molar-refractivity contribution < 1.29 is 32.3 Å². The van der Waals surface area contributed by atoms with Crippen LogP contribution in [0.15, 0.2) is 9.59 Å². The number of imidazole rings is 1. The zero-order chi connectivity index (χ0) is 24.3. The Morgan fingerprint density at radius 1 is 1.21 bits per heavy atom. The second kappa shape index (κ2) is 9.36. The molecule has 0 spiro atoms. The zero-order valence-electron chi connectivity index (χ0n) is 17.6. The third-order valence-electron chi connectivity index (χ3n) is 4.65. The molecule has 33 heavy (non-hydrogen) atoms. The molecule has 0 bridgehead atoms. The predicted octanol–water partition coefficient (Wildman–Crippen LogP) is -1.61. The molecule has 0 aliphatic carbocycles. The van der Waals surface area contributed by atoms with Gasteiger partial charge in [-0.1, -0.05) is 10.7 Å². The smallest absolute Gasteiger partial charge is 0.447 e. The van der Waals surface area contributed by atoms with Gasteiger partial charge in [0.25, 0.3) is 5.56 Å². The number of alkyl halides is 3. The first-order chi connectivity index (χ1) is 15.6. The van der Waals surface area contributed by atoms with Crippen molar-refractivity contribution >= 4 is 29.1 Å². The van der Waals surface area contributed by atoms with Gasteiger partial charge < -0.3 is 19.8 Å². The number of hydrogen-bond donors (Lipinski definition) is 1. The minimum atomic E-state index is -5.31. The van der Waals surface area contributed by atoms with Gasteiger partial charge in [0.15, 0.2) is 12.1 Å². The molecule has 2 aromatic rings. The minimum absolute atomic E-state index is 0.0385. The molecular formula is C18H19F3N6O6. The number of carbonyl (C=O) groups excluding carboxylic acids is 2. The number of halogens is 3. The van der Waals surface area contributed by atoms with Crippen LogP contribution >= 0.6 is 0 Å². The molecule has 1 aliphatic rings. The standard InChI is InChI=1S/C18H19F3N6O6/c1-3-4-7-26-12-13(23-16(26)25-8-5-22-6-9-25)27(17(31)24(2)14(12)29)33-11(28)10-32-15(30)18(19,20)21/h22H,5-10H2,1-2H3. The fourth-order valence-corrected chi connectivity index (χ4v) is 3.08. The lowest BCUT2D eigenvalue weighted by Gasteiger charge is -2.28. The maximum absolute atomic E-state index is 12.9. The second-order valence-electron chi connectivity index (χ2n) is 6.81. The van der Waals surface area contributed by atoms with Crippen molar-refractivity contribution in [3.05, 3.63) is 20.8 Å². The summed E-state index contributed by atoms with van der Waals surface area (Å²) in [6.45, 7) is 2.54. The summed E-state index contributed by atoms with van der Waals surface area (Å²) in [6, 6.07) is 0. The van der Waals surface area contributed by atoms with Crippen LogP contribution in [-0.4, -0.2) is 69.7 Å². The van der Waals surface area contributed by atoms with E-state index in [2.05, 4.69) is 26.9 Å². The molecule has 178 valence electrons. The number of ether oxygens (including phenoxy) is 1. The maximum atomic E-state index is 12.9. The van der Waals surface area contributed by atoms with Crippen molar-refractivity contribution in [2.75, 3.05) is 37.7 Å². The number of anilines is 1. The van der Waals surface area contributed by atoms with Crippen LogP contribution in [0.1, 0.15) is 6.92 Å². The van der Waals surface area contributed by atoms with E-state index in [-0.39, 0.29) is 17.7 Å². The molecule has 1 saturated heterocycles. The Morgan fingerprint density at radius 3 is 2.48 bits per heavy atom. The van der Waals surface area contributed by atoms with Gasteiger partial charge in [-0.05, 0) is 6.92 Å². The average Bonchev–Trinajstić information content (AvgIpc) is 3.16. The van der Waals surface area contributed by atoms with Gasteiger partial charge in [0.2, 0.25) is 11.6 Å². The average molecular weight is 472 g/mol. The number of esters is 1. The summed E-state index contributed by atoms with van der Waals surface area (Å²) in [5.74, 6) is 1.73. The van der Waals surface area contributed by atoms with Crippen LogP contribution in [0, 0.1) is 11.8 Å². The van der Waals surface area contributed by atoms with Crippen molar-refractivity contribution in [3.63, 3.8) is 0 Å². The Hall–Kier alpha value is -3.80. The first-order valence-corrected chi connectivity index (χ1v) is 9.59. The molecule has 1 fully saturated rings. The highest BCUT2D eigenvalue weighted by Gasteiger charge is 2.41. The quantitative estimate of drug-likeness (QED) is 0.404. The highest BCUT2D eigenvalue weighted by molar-refractivity contribution is 5.80. The minimum Gasteiger partial charge on any atom is -0.447 e. The van der Waals surface area contributed by atoms with E-state index in [1.807, 2.05) is 4.90 Å². The third kappa shape index (κ3) is 4.85. The van der Waals surface area contributed by atoms with E-state index >= 15 is 0 Å². The summed E-state index contributed by atoms with van der Waals surface area (Å²) in [5.41, 5.74) is -2.28. The van der Waals surface area contributed by atoms with Gasteiger partial charge in [-0.25, -0.2) is 14.4 Å². The summed E-state index contributed by atoms with van der Waals surface area (Å²) in [6.07, 6.45) is -5.31. The number of nitrogens with one attached hydrogen (secondary N) is 1. The van der Waals surface area contributed by atoms with Crippen LogP contribution in [-0.2, 0) is 27.9 Å². The van der Waals surface area contributed by atoms with Crippen molar-refractivity contribution in [3.8, 4) is 11.8 Å². The molecule has 0 radical (unpaired) electrons. The van der Waals surface area contributed by atoms with Gasteiger partial charge in [0.1, 0.15) is 0 Å². The van der Waals surface area contributed by atoms with E-state index in [9.17, 15) is 32.3 Å². The summed E-state index contributed by atoms with van der Waals surface area (Å²) < 4.78 is 43.1. The highest BCUT2D eigenvalue weighted by Crippen LogP contribution is 2.20. The molecule has 3 rings (SSSR count). The van der Waals surface area contributed by atoms with Gasteiger partial charge >= 0.3 is 23.8 Å². The lowest BCUT2D eigenvalue weighted by Crippen LogP contribution is -2.44. The van der Waals surface area contributed by atoms with Crippen LogP contribution in [0.3, 0.4) is 0 Å². The van der Waals surface area contributed by atoms with Crippen LogP contribution in [0.25, 0.3) is 11.2 Å². The Kier molecular flexibility index (Phi) is 6.77. The number of carbonyl (C=O) groups is 2. The Bertz CT molecular complexity index is 1260. The largest absolute Gasteiger partial charge is 0.490 e. The fraction of sp³-hybridized carbons (Fsp3) is 0.500. The molecule has 0 amide bonds. The molecule has 0 aromatic carbocycles. The lowest BCUT2D eigenvalue weighted by molar-refractivity contribution is -0.201. The zero-order valence-corrected chi connectivity index (χ0v) is 17.6. The molecular weight excluding hydrogens is 453 g/mol. The van der Waals surface area contributed by atoms with E-state index in [0.29, 0.717) is 41.4 Å². The predicted molar refractivity (Wildman–Crippen MR) is 106 cm³/mol. The van der Waals surface area contributed by atoms with E-state index in [1.54, 1.807) is 6.92 Å². The SMILES string of the molecule is CC#CCn1c(N2CCNCC2)nc2c1c(=O)n(C)c(=O)n2OC(=O)COC(=O)C(F)(F)F. The Morgan fingerprint density at radius 2 is 1.88 bits per heavy atom. The van der Waals surface area contributed by atoms with Crippen molar-refractivity contribution in [2.24, 2.45) is 7.05 Å². The van der Waals surface area contributed by atoms with Gasteiger partial charge in [-0.3, -0.25) is 13.9 Å². The number of hydrogen-bond acceptors (Lipinski definition) is 9. The fourth-order valence-electron chi connectivity index (χ4n) is 3.08. The first-order valence-electron chi connectivity index (χ1n) is 9.59. The van der Waals surface area contributed by atoms with E-state index in [0.717, 1.165) is 7.05 Å². The Labute approximate surface area is 183 Å². The molecule has 0 atom stereocenters. The number of fused-ring (bicyclic) bond motifs is 1. The highest BCUT2D eigenvalue weighted by atomic mass is 19.4. The normalized spacial score (nSPS) is 14.0. The molecule has 1 aliphatic heterocycles. The first kappa shape index (κ1) is 23.9. The van der Waals surface area contributed by atoms with E-state index < -0.39 is 36.0 Å². The van der Waals surface area contributed by atoms with Crippen LogP contribution in [0.5, 0.6) is 0 Å². The molecule has 3 heterocycles. The van der Waals surface area contributed by atoms with Crippen molar-refractivity contribution in [1.29, 1.82) is 0 Å². The number of piperazine rings is 1. The van der Waals surface area contributed by atoms with E-state index in [4.69, 9.17) is 4.84 Å².